The number of ether oxygens (including phenoxy) is 1. The number of halogens is 5. The van der Waals surface area contributed by atoms with Gasteiger partial charge >= 0.3 is 6.18 Å². The van der Waals surface area contributed by atoms with Crippen LogP contribution in [0, 0.1) is 0 Å². The van der Waals surface area contributed by atoms with Gasteiger partial charge < -0.3 is 15.4 Å². The smallest absolute Gasteiger partial charge is 0.379 e. The van der Waals surface area contributed by atoms with E-state index in [1.54, 1.807) is 0 Å². The molecule has 0 bridgehead atoms. The lowest BCUT2D eigenvalue weighted by atomic mass is 9.96. The van der Waals surface area contributed by atoms with Crippen LogP contribution in [0.2, 0.25) is 0 Å². The van der Waals surface area contributed by atoms with Crippen LogP contribution in [-0.2, 0) is 4.74 Å². The number of anilines is 2. The molecule has 1 aliphatic heterocycles. The van der Waals surface area contributed by atoms with Crippen LogP contribution in [0.5, 0.6) is 0 Å². The fraction of sp³-hybridized carbons (Fsp3) is 0.562. The van der Waals surface area contributed by atoms with Crippen LogP contribution in [0.4, 0.5) is 33.8 Å². The fourth-order valence-corrected chi connectivity index (χ4v) is 2.77. The Labute approximate surface area is 151 Å². The van der Waals surface area contributed by atoms with Gasteiger partial charge in [-0.15, -0.1) is 0 Å². The van der Waals surface area contributed by atoms with Crippen LogP contribution in [0.25, 0.3) is 5.57 Å². The quantitative estimate of drug-likeness (QED) is 0.745. The first kappa shape index (κ1) is 19.5. The zero-order valence-electron chi connectivity index (χ0n) is 14.2. The maximum Gasteiger partial charge on any atom is 0.430 e. The first-order valence-corrected chi connectivity index (χ1v) is 8.36. The van der Waals surface area contributed by atoms with Gasteiger partial charge in [-0.1, -0.05) is 6.58 Å². The third-order valence-corrected chi connectivity index (χ3v) is 4.13. The summed E-state index contributed by atoms with van der Waals surface area (Å²) in [6, 6.07) is -0.124. The van der Waals surface area contributed by atoms with Gasteiger partial charge in [-0.05, 0) is 30.9 Å². The Bertz CT molecular complexity index is 743. The second kappa shape index (κ2) is 7.37. The van der Waals surface area contributed by atoms with E-state index in [0.717, 1.165) is 6.08 Å². The van der Waals surface area contributed by atoms with E-state index in [2.05, 4.69) is 26.8 Å². The van der Waals surface area contributed by atoms with E-state index in [9.17, 15) is 22.0 Å². The summed E-state index contributed by atoms with van der Waals surface area (Å²) in [4.78, 5) is 11.9. The molecule has 3 rings (SSSR count). The summed E-state index contributed by atoms with van der Waals surface area (Å²) in [5.41, 5.74) is -1.10. The van der Waals surface area contributed by atoms with E-state index in [0.29, 0.717) is 26.1 Å². The van der Waals surface area contributed by atoms with Gasteiger partial charge in [0.15, 0.2) is 5.82 Å². The van der Waals surface area contributed by atoms with Gasteiger partial charge in [0.05, 0.1) is 12.6 Å². The Balaban J connectivity index is 1.92. The molecule has 6 nitrogen and oxygen atoms in total. The molecule has 1 aromatic heterocycles. The second-order valence-corrected chi connectivity index (χ2v) is 6.40. The van der Waals surface area contributed by atoms with Crippen molar-refractivity contribution in [3.63, 3.8) is 0 Å². The molecule has 11 heteroatoms. The largest absolute Gasteiger partial charge is 0.430 e. The molecule has 27 heavy (non-hydrogen) atoms. The summed E-state index contributed by atoms with van der Waals surface area (Å²) in [5, 5.41) is 4.92. The van der Waals surface area contributed by atoms with Crippen molar-refractivity contribution in [2.45, 2.75) is 43.8 Å². The highest BCUT2D eigenvalue weighted by molar-refractivity contribution is 5.63. The van der Waals surface area contributed by atoms with Crippen LogP contribution in [-0.4, -0.2) is 46.3 Å². The minimum absolute atomic E-state index is 0.0113. The molecule has 1 aromatic rings. The number of allylic oxidation sites excluding steroid dienone is 3. The first-order valence-electron chi connectivity index (χ1n) is 8.36. The van der Waals surface area contributed by atoms with Crippen molar-refractivity contribution in [1.82, 2.24) is 15.0 Å². The molecule has 0 amide bonds. The van der Waals surface area contributed by atoms with Crippen molar-refractivity contribution in [1.29, 1.82) is 0 Å². The van der Waals surface area contributed by atoms with Crippen LogP contribution in [0.3, 0.4) is 0 Å². The first-order chi connectivity index (χ1) is 12.6. The second-order valence-electron chi connectivity index (χ2n) is 6.40. The fourth-order valence-electron chi connectivity index (χ4n) is 2.77. The standard InChI is InChI=1S/C16H18F5N5O/c1-9(16(19,20)21)22-13-24-12(10-3-2-5-15(17,18)7-10)25-14(26-13)23-11-4-6-27-8-11/h7,11H,1-6,8H2,(H2,22,23,24,25,26)/t11-/m0/s1. The summed E-state index contributed by atoms with van der Waals surface area (Å²) in [6.07, 6.45) is -3.04. The van der Waals surface area contributed by atoms with Gasteiger partial charge in [0.2, 0.25) is 11.9 Å². The van der Waals surface area contributed by atoms with E-state index in [1.807, 2.05) is 5.32 Å². The van der Waals surface area contributed by atoms with Crippen LogP contribution >= 0.6 is 0 Å². The van der Waals surface area contributed by atoms with Gasteiger partial charge in [-0.2, -0.15) is 28.1 Å². The Kier molecular flexibility index (Phi) is 5.31. The normalized spacial score (nSPS) is 22.3. The number of nitrogens with one attached hydrogen (secondary N) is 2. The Morgan fingerprint density at radius 3 is 2.59 bits per heavy atom. The molecule has 1 saturated heterocycles. The van der Waals surface area contributed by atoms with E-state index >= 15 is 0 Å². The molecule has 0 aromatic carbocycles. The van der Waals surface area contributed by atoms with Gasteiger partial charge in [0.25, 0.3) is 5.92 Å². The average Bonchev–Trinajstić information content (AvgIpc) is 3.05. The zero-order valence-corrected chi connectivity index (χ0v) is 14.2. The molecule has 148 valence electrons. The van der Waals surface area contributed by atoms with Gasteiger partial charge in [0.1, 0.15) is 5.70 Å². The Hall–Kier alpha value is -2.30. The van der Waals surface area contributed by atoms with Crippen molar-refractivity contribution in [2.24, 2.45) is 0 Å². The van der Waals surface area contributed by atoms with E-state index in [1.165, 1.54) is 0 Å². The number of aromatic nitrogens is 3. The Morgan fingerprint density at radius 2 is 1.96 bits per heavy atom. The lowest BCUT2D eigenvalue weighted by Crippen LogP contribution is -2.24. The summed E-state index contributed by atoms with van der Waals surface area (Å²) >= 11 is 0. The topological polar surface area (TPSA) is 72.0 Å². The van der Waals surface area contributed by atoms with Gasteiger partial charge in [0, 0.05) is 13.0 Å². The lowest BCUT2D eigenvalue weighted by Gasteiger charge is -2.21. The molecule has 0 unspecified atom stereocenters. The highest BCUT2D eigenvalue weighted by Gasteiger charge is 2.34. The van der Waals surface area contributed by atoms with Crippen LogP contribution in [0.15, 0.2) is 18.4 Å². The summed E-state index contributed by atoms with van der Waals surface area (Å²) < 4.78 is 70.8. The predicted molar refractivity (Wildman–Crippen MR) is 88.3 cm³/mol. The molecule has 2 aliphatic rings. The number of hydrogen-bond donors (Lipinski definition) is 2. The highest BCUT2D eigenvalue weighted by atomic mass is 19.4. The van der Waals surface area contributed by atoms with Crippen molar-refractivity contribution >= 4 is 17.5 Å². The molecular formula is C16H18F5N5O. The van der Waals surface area contributed by atoms with Crippen LogP contribution < -0.4 is 10.6 Å². The molecule has 0 saturated carbocycles. The molecule has 0 radical (unpaired) electrons. The zero-order chi connectivity index (χ0) is 19.7. The maximum absolute atomic E-state index is 13.7. The van der Waals surface area contributed by atoms with Crippen molar-refractivity contribution in [3.05, 3.63) is 24.2 Å². The van der Waals surface area contributed by atoms with Crippen molar-refractivity contribution in [2.75, 3.05) is 23.8 Å². The van der Waals surface area contributed by atoms with Crippen molar-refractivity contribution in [3.8, 4) is 0 Å². The number of nitrogens with zero attached hydrogens (tertiary/aromatic N) is 3. The Morgan fingerprint density at radius 1 is 1.22 bits per heavy atom. The third-order valence-electron chi connectivity index (χ3n) is 4.13. The molecule has 1 atom stereocenters. The van der Waals surface area contributed by atoms with E-state index in [4.69, 9.17) is 4.74 Å². The van der Waals surface area contributed by atoms with Gasteiger partial charge in [-0.25, -0.2) is 8.78 Å². The SMILES string of the molecule is C=C(Nc1nc(N[C@H]2CCOC2)nc(C2=CC(F)(F)CCC2)n1)C(F)(F)F. The number of rotatable bonds is 5. The number of alkyl halides is 5. The van der Waals surface area contributed by atoms with Crippen LogP contribution in [0.1, 0.15) is 31.5 Å². The third kappa shape index (κ3) is 5.12. The minimum Gasteiger partial charge on any atom is -0.379 e. The molecule has 1 fully saturated rings. The van der Waals surface area contributed by atoms with Gasteiger partial charge in [-0.3, -0.25) is 0 Å². The summed E-state index contributed by atoms with van der Waals surface area (Å²) in [7, 11) is 0. The summed E-state index contributed by atoms with van der Waals surface area (Å²) in [6.45, 7) is 3.83. The maximum atomic E-state index is 13.7. The molecule has 2 heterocycles. The summed E-state index contributed by atoms with van der Waals surface area (Å²) in [5.74, 6) is -3.53. The molecule has 2 N–H and O–H groups in total. The molecule has 0 spiro atoms. The van der Waals surface area contributed by atoms with E-state index < -0.39 is 23.7 Å². The highest BCUT2D eigenvalue weighted by Crippen LogP contribution is 2.35. The molecule has 1 aliphatic carbocycles. The predicted octanol–water partition coefficient (Wildman–Crippen LogP) is 3.76. The van der Waals surface area contributed by atoms with E-state index in [-0.39, 0.29) is 36.2 Å². The monoisotopic (exact) mass is 391 g/mol. The molecular weight excluding hydrogens is 373 g/mol. The average molecular weight is 391 g/mol. The minimum atomic E-state index is -4.70. The number of hydrogen-bond acceptors (Lipinski definition) is 6. The lowest BCUT2D eigenvalue weighted by molar-refractivity contribution is -0.0899. The van der Waals surface area contributed by atoms with Crippen molar-refractivity contribution < 1.29 is 26.7 Å².